The minimum Gasteiger partial charge on any atom is -0.506 e. The van der Waals surface area contributed by atoms with Gasteiger partial charge in [-0.25, -0.2) is 4.79 Å². The van der Waals surface area contributed by atoms with Gasteiger partial charge >= 0.3 is 5.97 Å². The van der Waals surface area contributed by atoms with Crippen molar-refractivity contribution >= 4 is 16.9 Å². The van der Waals surface area contributed by atoms with E-state index in [4.69, 9.17) is 5.11 Å². The molecule has 0 aliphatic heterocycles. The lowest BCUT2D eigenvalue weighted by atomic mass is 10.00. The molecule has 0 saturated heterocycles. The first kappa shape index (κ1) is 13.9. The number of nitrogens with one attached hydrogen (secondary N) is 2. The number of aromatic carboxylic acids is 1. The van der Waals surface area contributed by atoms with Crippen LogP contribution >= 0.6 is 0 Å². The van der Waals surface area contributed by atoms with Crippen LogP contribution in [0.1, 0.15) is 22.8 Å². The van der Waals surface area contributed by atoms with Crippen molar-refractivity contribution in [2.75, 3.05) is 0 Å². The van der Waals surface area contributed by atoms with E-state index in [-0.39, 0.29) is 0 Å². The monoisotopic (exact) mass is 299 g/mol. The number of benzene rings is 1. The van der Waals surface area contributed by atoms with Crippen LogP contribution in [0.4, 0.5) is 0 Å². The highest BCUT2D eigenvalue weighted by atomic mass is 16.4. The molecule has 3 aromatic rings. The molecule has 0 unspecified atom stereocenters. The van der Waals surface area contributed by atoms with E-state index in [1.807, 2.05) is 6.07 Å². The standard InChI is InChI=1S/C15H13N3O4/c1-2-9-12(17-14(20)11(13(9)19)15(21)22)7-3-4-8-6-16-18-10(8)5-7/h3-6H,2H2,1H3,(H,16,18)(H,21,22)(H2,17,19,20). The summed E-state index contributed by atoms with van der Waals surface area (Å²) in [6.07, 6.45) is 2.05. The van der Waals surface area contributed by atoms with Gasteiger partial charge in [0.2, 0.25) is 0 Å². The third kappa shape index (κ3) is 2.03. The summed E-state index contributed by atoms with van der Waals surface area (Å²) in [5.74, 6) is -1.94. The van der Waals surface area contributed by atoms with Crippen molar-refractivity contribution in [3.63, 3.8) is 0 Å². The maximum atomic E-state index is 11.9. The number of aromatic hydroxyl groups is 1. The van der Waals surface area contributed by atoms with Gasteiger partial charge in [0.05, 0.1) is 17.4 Å². The van der Waals surface area contributed by atoms with Crippen LogP contribution in [0.25, 0.3) is 22.2 Å². The van der Waals surface area contributed by atoms with E-state index in [2.05, 4.69) is 15.2 Å². The third-order valence-electron chi connectivity index (χ3n) is 3.59. The molecule has 4 N–H and O–H groups in total. The minimum atomic E-state index is -1.45. The second kappa shape index (κ2) is 5.03. The maximum Gasteiger partial charge on any atom is 0.345 e. The fourth-order valence-corrected chi connectivity index (χ4v) is 2.51. The van der Waals surface area contributed by atoms with Gasteiger partial charge in [-0.15, -0.1) is 0 Å². The number of nitrogens with zero attached hydrogens (tertiary/aromatic N) is 1. The number of hydrogen-bond donors (Lipinski definition) is 4. The SMILES string of the molecule is CCc1c(-c2ccc3cn[nH]c3c2)[nH]c(=O)c(C(=O)O)c1O. The molecule has 2 heterocycles. The molecule has 0 saturated carbocycles. The predicted molar refractivity (Wildman–Crippen MR) is 80.2 cm³/mol. The topological polar surface area (TPSA) is 119 Å². The van der Waals surface area contributed by atoms with Crippen LogP contribution in [0.2, 0.25) is 0 Å². The Morgan fingerprint density at radius 3 is 2.82 bits per heavy atom. The molecule has 0 atom stereocenters. The molecule has 2 aromatic heterocycles. The molecule has 7 heteroatoms. The Balaban J connectivity index is 2.30. The summed E-state index contributed by atoms with van der Waals surface area (Å²) in [6, 6.07) is 5.39. The number of aromatic nitrogens is 3. The molecule has 1 aromatic carbocycles. The lowest BCUT2D eigenvalue weighted by Crippen LogP contribution is -2.20. The summed E-state index contributed by atoms with van der Waals surface area (Å²) in [5, 5.41) is 26.8. The van der Waals surface area contributed by atoms with Crippen molar-refractivity contribution < 1.29 is 15.0 Å². The lowest BCUT2D eigenvalue weighted by Gasteiger charge is -2.12. The van der Waals surface area contributed by atoms with Crippen LogP contribution in [0.15, 0.2) is 29.2 Å². The van der Waals surface area contributed by atoms with Crippen LogP contribution in [0.3, 0.4) is 0 Å². The molecular weight excluding hydrogens is 286 g/mol. The summed E-state index contributed by atoms with van der Waals surface area (Å²) in [5.41, 5.74) is 0.771. The van der Waals surface area contributed by atoms with Crippen molar-refractivity contribution in [2.45, 2.75) is 13.3 Å². The fourth-order valence-electron chi connectivity index (χ4n) is 2.51. The molecule has 112 valence electrons. The number of aromatic amines is 2. The molecule has 22 heavy (non-hydrogen) atoms. The van der Waals surface area contributed by atoms with Gasteiger partial charge in [-0.05, 0) is 12.5 Å². The maximum absolute atomic E-state index is 11.9. The number of hydrogen-bond acceptors (Lipinski definition) is 4. The Morgan fingerprint density at radius 1 is 1.36 bits per heavy atom. The van der Waals surface area contributed by atoms with E-state index in [1.165, 1.54) is 0 Å². The molecule has 0 aliphatic carbocycles. The molecule has 0 amide bonds. The smallest absolute Gasteiger partial charge is 0.345 e. The van der Waals surface area contributed by atoms with Gasteiger partial charge in [-0.3, -0.25) is 9.89 Å². The number of rotatable bonds is 3. The average molecular weight is 299 g/mol. The fraction of sp³-hybridized carbons (Fsp3) is 0.133. The third-order valence-corrected chi connectivity index (χ3v) is 3.59. The largest absolute Gasteiger partial charge is 0.506 e. The highest BCUT2D eigenvalue weighted by Crippen LogP contribution is 2.31. The molecule has 7 nitrogen and oxygen atoms in total. The summed E-state index contributed by atoms with van der Waals surface area (Å²) in [7, 11) is 0. The van der Waals surface area contributed by atoms with E-state index in [0.29, 0.717) is 23.2 Å². The van der Waals surface area contributed by atoms with Crippen LogP contribution in [-0.4, -0.2) is 31.4 Å². The van der Waals surface area contributed by atoms with Crippen LogP contribution in [0, 0.1) is 0 Å². The quantitative estimate of drug-likeness (QED) is 0.588. The highest BCUT2D eigenvalue weighted by Gasteiger charge is 2.21. The molecule has 0 spiro atoms. The number of pyridine rings is 1. The first-order valence-electron chi connectivity index (χ1n) is 6.67. The zero-order chi connectivity index (χ0) is 15.9. The van der Waals surface area contributed by atoms with E-state index >= 15 is 0 Å². The highest BCUT2D eigenvalue weighted by molar-refractivity contribution is 5.92. The Labute approximate surface area is 124 Å². The van der Waals surface area contributed by atoms with Gasteiger partial charge in [-0.2, -0.15) is 5.10 Å². The van der Waals surface area contributed by atoms with E-state index in [1.54, 1.807) is 25.3 Å². The molecule has 0 aliphatic rings. The van der Waals surface area contributed by atoms with Gasteiger partial charge in [-0.1, -0.05) is 19.1 Å². The van der Waals surface area contributed by atoms with Crippen molar-refractivity contribution in [2.24, 2.45) is 0 Å². The van der Waals surface area contributed by atoms with Crippen molar-refractivity contribution in [1.82, 2.24) is 15.2 Å². The van der Waals surface area contributed by atoms with Crippen LogP contribution < -0.4 is 5.56 Å². The Hall–Kier alpha value is -3.09. The number of carboxylic acids is 1. The normalized spacial score (nSPS) is 11.0. The van der Waals surface area contributed by atoms with Crippen molar-refractivity contribution in [3.05, 3.63) is 45.9 Å². The summed E-state index contributed by atoms with van der Waals surface area (Å²) in [4.78, 5) is 25.6. The minimum absolute atomic E-state index is 0.374. The van der Waals surface area contributed by atoms with E-state index in [0.717, 1.165) is 10.9 Å². The van der Waals surface area contributed by atoms with Gasteiger partial charge in [0, 0.05) is 16.5 Å². The van der Waals surface area contributed by atoms with E-state index in [9.17, 15) is 14.7 Å². The van der Waals surface area contributed by atoms with Gasteiger partial charge in [0.15, 0.2) is 5.56 Å². The lowest BCUT2D eigenvalue weighted by molar-refractivity contribution is 0.0691. The van der Waals surface area contributed by atoms with Gasteiger partial charge in [0.1, 0.15) is 5.75 Å². The molecule has 3 rings (SSSR count). The Kier molecular flexibility index (Phi) is 3.17. The molecule has 0 radical (unpaired) electrons. The Morgan fingerprint density at radius 2 is 2.14 bits per heavy atom. The number of carboxylic acid groups (broad SMARTS) is 1. The van der Waals surface area contributed by atoms with Crippen molar-refractivity contribution in [3.8, 4) is 17.0 Å². The number of carbonyl (C=O) groups is 1. The summed E-state index contributed by atoms with van der Waals surface area (Å²) < 4.78 is 0. The average Bonchev–Trinajstić information content (AvgIpc) is 2.93. The zero-order valence-electron chi connectivity index (χ0n) is 11.7. The summed E-state index contributed by atoms with van der Waals surface area (Å²) >= 11 is 0. The zero-order valence-corrected chi connectivity index (χ0v) is 11.7. The van der Waals surface area contributed by atoms with Crippen LogP contribution in [-0.2, 0) is 6.42 Å². The molecule has 0 fully saturated rings. The van der Waals surface area contributed by atoms with Gasteiger partial charge < -0.3 is 15.2 Å². The Bertz CT molecular complexity index is 940. The second-order valence-corrected chi connectivity index (χ2v) is 4.86. The van der Waals surface area contributed by atoms with Gasteiger partial charge in [0.25, 0.3) is 5.56 Å². The second-order valence-electron chi connectivity index (χ2n) is 4.86. The molecular formula is C15H13N3O4. The van der Waals surface area contributed by atoms with E-state index < -0.39 is 22.8 Å². The molecule has 0 bridgehead atoms. The van der Waals surface area contributed by atoms with Crippen molar-refractivity contribution in [1.29, 1.82) is 0 Å². The van der Waals surface area contributed by atoms with Crippen LogP contribution in [0.5, 0.6) is 5.75 Å². The number of fused-ring (bicyclic) bond motifs is 1. The predicted octanol–water partition coefficient (Wildman–Crippen LogP) is 1.88. The number of H-pyrrole nitrogens is 2. The first-order valence-corrected chi connectivity index (χ1v) is 6.67. The summed E-state index contributed by atoms with van der Waals surface area (Å²) in [6.45, 7) is 1.78. The first-order chi connectivity index (χ1) is 10.5.